The molecule has 20 heavy (non-hydrogen) atoms. The maximum absolute atomic E-state index is 12.1. The molecular weight excluding hydrogens is 276 g/mol. The second-order valence-electron chi connectivity index (χ2n) is 5.40. The number of hydrogen-bond acceptors (Lipinski definition) is 3. The number of rotatable bonds is 6. The highest BCUT2D eigenvalue weighted by Gasteiger charge is 2.20. The van der Waals surface area contributed by atoms with E-state index >= 15 is 0 Å². The smallest absolute Gasteiger partial charge is 0.241 e. The first-order chi connectivity index (χ1) is 9.20. The number of amides is 1. The van der Waals surface area contributed by atoms with Gasteiger partial charge < -0.3 is 10.6 Å². The van der Waals surface area contributed by atoms with Crippen molar-refractivity contribution in [1.82, 2.24) is 20.4 Å². The molecule has 6 heteroatoms. The van der Waals surface area contributed by atoms with E-state index in [0.29, 0.717) is 0 Å². The molecule has 1 heterocycles. The zero-order chi connectivity index (χ0) is 13.7. The Kier molecular flexibility index (Phi) is 7.02. The SMILES string of the molecule is CNC(C(=O)NCCC1CCCC1)c1cnn(C)c1.Cl. The van der Waals surface area contributed by atoms with E-state index in [2.05, 4.69) is 15.7 Å². The van der Waals surface area contributed by atoms with Crippen LogP contribution in [0.15, 0.2) is 12.4 Å². The van der Waals surface area contributed by atoms with Crippen LogP contribution in [0, 0.1) is 5.92 Å². The van der Waals surface area contributed by atoms with Gasteiger partial charge in [0, 0.05) is 25.4 Å². The Labute approximate surface area is 126 Å². The van der Waals surface area contributed by atoms with Gasteiger partial charge in [-0.2, -0.15) is 5.10 Å². The number of hydrogen-bond donors (Lipinski definition) is 2. The van der Waals surface area contributed by atoms with Gasteiger partial charge in [-0.25, -0.2) is 0 Å². The maximum Gasteiger partial charge on any atom is 0.241 e. The van der Waals surface area contributed by atoms with Crippen molar-refractivity contribution in [3.05, 3.63) is 18.0 Å². The molecule has 1 aliphatic rings. The number of nitrogens with one attached hydrogen (secondary N) is 2. The van der Waals surface area contributed by atoms with E-state index in [1.807, 2.05) is 13.2 Å². The molecule has 1 fully saturated rings. The Morgan fingerprint density at radius 2 is 2.20 bits per heavy atom. The standard InChI is InChI=1S/C14H24N4O.ClH/c1-15-13(12-9-17-18(2)10-12)14(19)16-8-7-11-5-3-4-6-11;/h9-11,13,15H,3-8H2,1-2H3,(H,16,19);1H. The summed E-state index contributed by atoms with van der Waals surface area (Å²) < 4.78 is 1.71. The lowest BCUT2D eigenvalue weighted by atomic mass is 10.0. The Morgan fingerprint density at radius 3 is 2.75 bits per heavy atom. The van der Waals surface area contributed by atoms with E-state index in [-0.39, 0.29) is 24.4 Å². The van der Waals surface area contributed by atoms with Crippen LogP contribution < -0.4 is 10.6 Å². The van der Waals surface area contributed by atoms with Crippen molar-refractivity contribution in [2.75, 3.05) is 13.6 Å². The van der Waals surface area contributed by atoms with E-state index in [0.717, 1.165) is 24.4 Å². The molecule has 1 aliphatic carbocycles. The average molecular weight is 301 g/mol. The summed E-state index contributed by atoms with van der Waals surface area (Å²) >= 11 is 0. The first kappa shape index (κ1) is 17.0. The summed E-state index contributed by atoms with van der Waals surface area (Å²) in [6, 6.07) is -0.308. The normalized spacial score (nSPS) is 16.7. The third-order valence-electron chi connectivity index (χ3n) is 3.94. The van der Waals surface area contributed by atoms with Gasteiger partial charge in [-0.3, -0.25) is 9.48 Å². The largest absolute Gasteiger partial charge is 0.354 e. The zero-order valence-corrected chi connectivity index (χ0v) is 13.1. The van der Waals surface area contributed by atoms with Gasteiger partial charge in [-0.15, -0.1) is 12.4 Å². The van der Waals surface area contributed by atoms with Crippen molar-refractivity contribution in [3.63, 3.8) is 0 Å². The lowest BCUT2D eigenvalue weighted by Crippen LogP contribution is -2.36. The number of carbonyl (C=O) groups excluding carboxylic acids is 1. The molecule has 1 saturated carbocycles. The molecule has 0 aromatic carbocycles. The van der Waals surface area contributed by atoms with Crippen LogP contribution in [0.2, 0.25) is 0 Å². The highest BCUT2D eigenvalue weighted by molar-refractivity contribution is 5.85. The third-order valence-corrected chi connectivity index (χ3v) is 3.94. The van der Waals surface area contributed by atoms with Crippen LogP contribution in [-0.2, 0) is 11.8 Å². The number of nitrogens with zero attached hydrogens (tertiary/aromatic N) is 2. The first-order valence-corrected chi connectivity index (χ1v) is 7.14. The molecule has 0 spiro atoms. The second kappa shape index (κ2) is 8.27. The quantitative estimate of drug-likeness (QED) is 0.842. The fraction of sp³-hybridized carbons (Fsp3) is 0.714. The predicted molar refractivity (Wildman–Crippen MR) is 81.8 cm³/mol. The Bertz CT molecular complexity index is 415. The molecular formula is C14H25ClN4O. The summed E-state index contributed by atoms with van der Waals surface area (Å²) in [7, 11) is 3.66. The molecule has 0 bridgehead atoms. The Morgan fingerprint density at radius 1 is 1.50 bits per heavy atom. The molecule has 0 aliphatic heterocycles. The number of halogens is 1. The van der Waals surface area contributed by atoms with Gasteiger partial charge in [0.15, 0.2) is 0 Å². The van der Waals surface area contributed by atoms with Crippen molar-refractivity contribution in [2.24, 2.45) is 13.0 Å². The van der Waals surface area contributed by atoms with E-state index in [1.165, 1.54) is 25.7 Å². The molecule has 1 amide bonds. The summed E-state index contributed by atoms with van der Waals surface area (Å²) in [5.41, 5.74) is 0.906. The van der Waals surface area contributed by atoms with Crippen LogP contribution in [0.4, 0.5) is 0 Å². The van der Waals surface area contributed by atoms with Gasteiger partial charge >= 0.3 is 0 Å². The third kappa shape index (κ3) is 4.49. The highest BCUT2D eigenvalue weighted by Crippen LogP contribution is 2.26. The van der Waals surface area contributed by atoms with Gasteiger partial charge in [-0.1, -0.05) is 25.7 Å². The van der Waals surface area contributed by atoms with Crippen molar-refractivity contribution in [3.8, 4) is 0 Å². The number of carbonyl (C=O) groups is 1. The minimum atomic E-state index is -0.308. The summed E-state index contributed by atoms with van der Waals surface area (Å²) in [5.74, 6) is 0.847. The van der Waals surface area contributed by atoms with Crippen LogP contribution in [0.3, 0.4) is 0 Å². The van der Waals surface area contributed by atoms with Gasteiger partial charge in [0.25, 0.3) is 0 Å². The molecule has 1 aromatic rings. The summed E-state index contributed by atoms with van der Waals surface area (Å²) in [6.07, 6.45) is 10.1. The van der Waals surface area contributed by atoms with Gasteiger partial charge in [0.1, 0.15) is 6.04 Å². The molecule has 0 saturated heterocycles. The molecule has 114 valence electrons. The van der Waals surface area contributed by atoms with Crippen molar-refractivity contribution < 1.29 is 4.79 Å². The van der Waals surface area contributed by atoms with E-state index in [1.54, 1.807) is 17.9 Å². The lowest BCUT2D eigenvalue weighted by molar-refractivity contribution is -0.123. The van der Waals surface area contributed by atoms with Crippen LogP contribution in [-0.4, -0.2) is 29.3 Å². The molecule has 2 N–H and O–H groups in total. The minimum absolute atomic E-state index is 0. The highest BCUT2D eigenvalue weighted by atomic mass is 35.5. The summed E-state index contributed by atoms with van der Waals surface area (Å²) in [6.45, 7) is 0.780. The van der Waals surface area contributed by atoms with E-state index < -0.39 is 0 Å². The van der Waals surface area contributed by atoms with Crippen molar-refractivity contribution in [2.45, 2.75) is 38.1 Å². The predicted octanol–water partition coefficient (Wildman–Crippen LogP) is 1.80. The summed E-state index contributed by atoms with van der Waals surface area (Å²) in [4.78, 5) is 12.1. The number of aryl methyl sites for hydroxylation is 1. The Hall–Kier alpha value is -1.07. The topological polar surface area (TPSA) is 59.0 Å². The Balaban J connectivity index is 0.00000200. The fourth-order valence-electron chi connectivity index (χ4n) is 2.84. The van der Waals surface area contributed by atoms with Crippen molar-refractivity contribution >= 4 is 18.3 Å². The van der Waals surface area contributed by atoms with Crippen LogP contribution in [0.1, 0.15) is 43.7 Å². The van der Waals surface area contributed by atoms with Crippen LogP contribution in [0.25, 0.3) is 0 Å². The molecule has 1 aromatic heterocycles. The van der Waals surface area contributed by atoms with Gasteiger partial charge in [-0.05, 0) is 19.4 Å². The fourth-order valence-corrected chi connectivity index (χ4v) is 2.84. The van der Waals surface area contributed by atoms with Gasteiger partial charge in [0.2, 0.25) is 5.91 Å². The van der Waals surface area contributed by atoms with E-state index in [4.69, 9.17) is 0 Å². The monoisotopic (exact) mass is 300 g/mol. The minimum Gasteiger partial charge on any atom is -0.354 e. The molecule has 1 unspecified atom stereocenters. The zero-order valence-electron chi connectivity index (χ0n) is 12.3. The lowest BCUT2D eigenvalue weighted by Gasteiger charge is -2.15. The van der Waals surface area contributed by atoms with E-state index in [9.17, 15) is 4.79 Å². The second-order valence-corrected chi connectivity index (χ2v) is 5.40. The molecule has 2 rings (SSSR count). The number of aromatic nitrogens is 2. The van der Waals surface area contributed by atoms with Crippen LogP contribution in [0.5, 0.6) is 0 Å². The first-order valence-electron chi connectivity index (χ1n) is 7.14. The maximum atomic E-state index is 12.1. The van der Waals surface area contributed by atoms with Crippen molar-refractivity contribution in [1.29, 1.82) is 0 Å². The average Bonchev–Trinajstić information content (AvgIpc) is 3.02. The van der Waals surface area contributed by atoms with Crippen LogP contribution >= 0.6 is 12.4 Å². The molecule has 1 atom stereocenters. The number of likely N-dealkylation sites (N-methyl/N-ethyl adjacent to an activating group) is 1. The van der Waals surface area contributed by atoms with Gasteiger partial charge in [0.05, 0.1) is 6.20 Å². The molecule has 5 nitrogen and oxygen atoms in total. The molecule has 0 radical (unpaired) electrons. The summed E-state index contributed by atoms with van der Waals surface area (Å²) in [5, 5.41) is 10.2.